The lowest BCUT2D eigenvalue weighted by molar-refractivity contribution is -0.132. The highest BCUT2D eigenvalue weighted by molar-refractivity contribution is 8.00. The number of carbonyl (C=O) groups excluding carboxylic acids is 1. The predicted molar refractivity (Wildman–Crippen MR) is 99.7 cm³/mol. The van der Waals surface area contributed by atoms with Crippen LogP contribution in [-0.4, -0.2) is 37.1 Å². The van der Waals surface area contributed by atoms with Gasteiger partial charge in [0.25, 0.3) is 0 Å². The van der Waals surface area contributed by atoms with Gasteiger partial charge in [-0.25, -0.2) is 4.79 Å². The minimum Gasteiger partial charge on any atom is -0.472 e. The van der Waals surface area contributed by atoms with Crippen LogP contribution in [0.25, 0.3) is 0 Å². The first-order valence-electron chi connectivity index (χ1n) is 7.42. The first kappa shape index (κ1) is 19.3. The summed E-state index contributed by atoms with van der Waals surface area (Å²) in [5, 5.41) is 5.70. The highest BCUT2D eigenvalue weighted by atomic mass is 32.2. The van der Waals surface area contributed by atoms with E-state index >= 15 is 0 Å². The summed E-state index contributed by atoms with van der Waals surface area (Å²) in [6.45, 7) is 4.23. The maximum Gasteiger partial charge on any atom is 0.360 e. The number of aromatic nitrogens is 1. The van der Waals surface area contributed by atoms with Gasteiger partial charge in [-0.2, -0.15) is 4.98 Å². The van der Waals surface area contributed by atoms with Gasteiger partial charge in [0.05, 0.1) is 12.5 Å². The molecule has 0 unspecified atom stereocenters. The molecule has 25 heavy (non-hydrogen) atoms. The lowest BCUT2D eigenvalue weighted by Crippen LogP contribution is -2.20. The van der Waals surface area contributed by atoms with E-state index in [4.69, 9.17) is 14.3 Å². The fraction of sp³-hybridized carbons (Fsp3) is 0.353. The van der Waals surface area contributed by atoms with Gasteiger partial charge in [-0.3, -0.25) is 0 Å². The molecule has 0 saturated carbocycles. The van der Waals surface area contributed by atoms with Crippen molar-refractivity contribution in [3.05, 3.63) is 39.8 Å². The first-order chi connectivity index (χ1) is 12.0. The summed E-state index contributed by atoms with van der Waals surface area (Å²) in [6.07, 6.45) is 1.97. The topological polar surface area (TPSA) is 70.0 Å². The van der Waals surface area contributed by atoms with E-state index in [-0.39, 0.29) is 12.3 Å². The maximum atomic E-state index is 12.1. The summed E-state index contributed by atoms with van der Waals surface area (Å²) in [6, 6.07) is 3.86. The van der Waals surface area contributed by atoms with Gasteiger partial charge in [0, 0.05) is 5.56 Å². The van der Waals surface area contributed by atoms with Crippen LogP contribution in [0.1, 0.15) is 22.3 Å². The maximum absolute atomic E-state index is 12.1. The van der Waals surface area contributed by atoms with Crippen molar-refractivity contribution >= 4 is 34.8 Å². The van der Waals surface area contributed by atoms with Crippen molar-refractivity contribution < 1.29 is 19.1 Å². The molecule has 1 heterocycles. The fourth-order valence-electron chi connectivity index (χ4n) is 2.16. The molecule has 0 saturated heterocycles. The Morgan fingerprint density at radius 2 is 2.00 bits per heavy atom. The van der Waals surface area contributed by atoms with Gasteiger partial charge in [0.1, 0.15) is 13.7 Å². The summed E-state index contributed by atoms with van der Waals surface area (Å²) in [7, 11) is 2.70. The second kappa shape index (κ2) is 8.87. The van der Waals surface area contributed by atoms with Gasteiger partial charge in [-0.1, -0.05) is 23.0 Å². The van der Waals surface area contributed by atoms with E-state index < -0.39 is 5.97 Å². The van der Waals surface area contributed by atoms with Crippen molar-refractivity contribution in [2.45, 2.75) is 24.8 Å². The molecule has 1 aromatic heterocycles. The second-order valence-corrected chi connectivity index (χ2v) is 7.06. The van der Waals surface area contributed by atoms with E-state index in [0.29, 0.717) is 11.4 Å². The van der Waals surface area contributed by atoms with Gasteiger partial charge < -0.3 is 14.3 Å². The average Bonchev–Trinajstić information content (AvgIpc) is 3.08. The van der Waals surface area contributed by atoms with E-state index in [2.05, 4.69) is 10.1 Å². The normalized spacial score (nSPS) is 11.3. The minimum atomic E-state index is -0.565. The third kappa shape index (κ3) is 4.73. The van der Waals surface area contributed by atoms with Crippen molar-refractivity contribution in [2.24, 2.45) is 5.16 Å². The number of thioether (sulfide) groups is 1. The zero-order chi connectivity index (χ0) is 18.4. The van der Waals surface area contributed by atoms with Crippen molar-refractivity contribution in [1.82, 2.24) is 4.98 Å². The number of benzene rings is 1. The van der Waals surface area contributed by atoms with Crippen molar-refractivity contribution in [2.75, 3.05) is 20.5 Å². The molecule has 0 bridgehead atoms. The molecule has 0 spiro atoms. The number of hydrogen-bond donors (Lipinski definition) is 0. The molecule has 134 valence electrons. The van der Waals surface area contributed by atoms with Crippen LogP contribution in [0.2, 0.25) is 0 Å². The third-order valence-corrected chi connectivity index (χ3v) is 5.39. The molecule has 0 radical (unpaired) electrons. The van der Waals surface area contributed by atoms with Crippen LogP contribution in [0.15, 0.2) is 27.0 Å². The molecule has 0 N–H and O–H groups in total. The summed E-state index contributed by atoms with van der Waals surface area (Å²) < 4.78 is 11.5. The molecule has 2 rings (SSSR count). The number of carbonyl (C=O) groups is 1. The molecular weight excluding hydrogens is 360 g/mol. The van der Waals surface area contributed by atoms with Gasteiger partial charge in [-0.15, -0.1) is 11.3 Å². The summed E-state index contributed by atoms with van der Waals surface area (Å²) >= 11 is 3.09. The molecule has 0 atom stereocenters. The van der Waals surface area contributed by atoms with Crippen molar-refractivity contribution in [3.8, 4) is 5.88 Å². The zero-order valence-corrected chi connectivity index (χ0v) is 16.4. The number of nitrogens with zero attached hydrogens (tertiary/aromatic N) is 2. The Bertz CT molecular complexity index is 787. The first-order valence-corrected chi connectivity index (χ1v) is 9.52. The van der Waals surface area contributed by atoms with Crippen molar-refractivity contribution in [3.63, 3.8) is 0 Å². The smallest absolute Gasteiger partial charge is 0.360 e. The number of thiazole rings is 1. The summed E-state index contributed by atoms with van der Waals surface area (Å²) in [5.41, 5.74) is 3.66. The van der Waals surface area contributed by atoms with E-state index in [0.717, 1.165) is 21.0 Å². The van der Waals surface area contributed by atoms with Gasteiger partial charge in [0.15, 0.2) is 10.1 Å². The molecule has 8 heteroatoms. The van der Waals surface area contributed by atoms with Gasteiger partial charge in [0.2, 0.25) is 5.88 Å². The second-order valence-electron chi connectivity index (χ2n) is 5.15. The number of oxime groups is 1. The number of methoxy groups -OCH3 is 1. The van der Waals surface area contributed by atoms with Crippen LogP contribution in [0.3, 0.4) is 0 Å². The molecule has 0 fully saturated rings. The molecule has 0 aliphatic rings. The molecule has 2 aromatic rings. The number of ether oxygens (including phenoxy) is 2. The Balaban J connectivity index is 2.36. The van der Waals surface area contributed by atoms with Crippen LogP contribution in [0.4, 0.5) is 0 Å². The molecule has 1 aromatic carbocycles. The SMILES string of the molecule is CO/N=C(/C(=O)OC)c1cc(C)c(C)cc1COc1csc(SC)n1. The highest BCUT2D eigenvalue weighted by Crippen LogP contribution is 2.25. The molecule has 0 aliphatic carbocycles. The number of esters is 1. The lowest BCUT2D eigenvalue weighted by atomic mass is 9.97. The number of aryl methyl sites for hydroxylation is 2. The van der Waals surface area contributed by atoms with Crippen molar-refractivity contribution in [1.29, 1.82) is 0 Å². The quantitative estimate of drug-likeness (QED) is 0.316. The van der Waals surface area contributed by atoms with E-state index in [1.54, 1.807) is 11.8 Å². The zero-order valence-electron chi connectivity index (χ0n) is 14.8. The lowest BCUT2D eigenvalue weighted by Gasteiger charge is -2.13. The van der Waals surface area contributed by atoms with Crippen LogP contribution in [0.5, 0.6) is 5.88 Å². The Morgan fingerprint density at radius 1 is 1.28 bits per heavy atom. The van der Waals surface area contributed by atoms with E-state index in [1.165, 1.54) is 25.6 Å². The summed E-state index contributed by atoms with van der Waals surface area (Å²) in [4.78, 5) is 21.3. The molecule has 0 aliphatic heterocycles. The van der Waals surface area contributed by atoms with Crippen LogP contribution in [-0.2, 0) is 21.0 Å². The van der Waals surface area contributed by atoms with E-state index in [1.807, 2.05) is 37.6 Å². The van der Waals surface area contributed by atoms with Gasteiger partial charge in [-0.05, 0) is 42.9 Å². The number of rotatable bonds is 7. The predicted octanol–water partition coefficient (Wildman–Crippen LogP) is 3.58. The fourth-order valence-corrected chi connectivity index (χ4v) is 3.33. The van der Waals surface area contributed by atoms with Crippen LogP contribution >= 0.6 is 23.1 Å². The third-order valence-electron chi connectivity index (χ3n) is 3.55. The molecule has 6 nitrogen and oxygen atoms in total. The van der Waals surface area contributed by atoms with Crippen LogP contribution < -0.4 is 4.74 Å². The standard InChI is InChI=1S/C17H20N2O4S2/c1-10-6-12(8-23-14-9-25-17(18-14)24-5)13(7-11(10)2)15(19-22-4)16(20)21-3/h6-7,9H,8H2,1-5H3/b19-15+. The Labute approximate surface area is 155 Å². The largest absolute Gasteiger partial charge is 0.472 e. The van der Waals surface area contributed by atoms with Gasteiger partial charge >= 0.3 is 5.97 Å². The highest BCUT2D eigenvalue weighted by Gasteiger charge is 2.21. The molecule has 0 amide bonds. The van der Waals surface area contributed by atoms with Crippen LogP contribution in [0, 0.1) is 13.8 Å². The Kier molecular flexibility index (Phi) is 6.83. The number of hydrogen-bond acceptors (Lipinski definition) is 8. The molecular formula is C17H20N2O4S2. The Hall–Kier alpha value is -2.06. The Morgan fingerprint density at radius 3 is 2.60 bits per heavy atom. The van der Waals surface area contributed by atoms with E-state index in [9.17, 15) is 4.79 Å². The summed E-state index contributed by atoms with van der Waals surface area (Å²) in [5.74, 6) is -0.00786. The monoisotopic (exact) mass is 380 g/mol. The average molecular weight is 380 g/mol. The minimum absolute atomic E-state index is 0.106.